The van der Waals surface area contributed by atoms with Crippen molar-refractivity contribution < 1.29 is 9.59 Å². The zero-order valence-corrected chi connectivity index (χ0v) is 14.0. The molecule has 2 aliphatic rings. The van der Waals surface area contributed by atoms with Gasteiger partial charge < -0.3 is 5.32 Å². The fraction of sp³-hybridized carbons (Fsp3) is 0.579. The molecule has 0 unspecified atom stereocenters. The van der Waals surface area contributed by atoms with Gasteiger partial charge in [-0.05, 0) is 38.9 Å². The fourth-order valence-corrected chi connectivity index (χ4v) is 4.35. The summed E-state index contributed by atoms with van der Waals surface area (Å²) in [5.41, 5.74) is 0.566. The average Bonchev–Trinajstić information content (AvgIpc) is 2.84. The Morgan fingerprint density at radius 1 is 1.17 bits per heavy atom. The maximum absolute atomic E-state index is 12.4. The largest absolute Gasteiger partial charge is 0.315 e. The van der Waals surface area contributed by atoms with Crippen LogP contribution in [-0.2, 0) is 16.1 Å². The van der Waals surface area contributed by atoms with Gasteiger partial charge in [0.05, 0.1) is 5.41 Å². The monoisotopic (exact) mass is 314 g/mol. The molecule has 0 saturated heterocycles. The van der Waals surface area contributed by atoms with E-state index < -0.39 is 5.41 Å². The summed E-state index contributed by atoms with van der Waals surface area (Å²) in [5.74, 6) is 0.352. The molecule has 0 aromatic heterocycles. The number of hydrogen-bond donors (Lipinski definition) is 1. The highest BCUT2D eigenvalue weighted by Gasteiger charge is 2.53. The van der Waals surface area contributed by atoms with Crippen LogP contribution in [0.25, 0.3) is 0 Å². The van der Waals surface area contributed by atoms with E-state index in [1.807, 2.05) is 25.2 Å². The van der Waals surface area contributed by atoms with E-state index in [1.54, 1.807) is 0 Å². The molecule has 4 nitrogen and oxygen atoms in total. The van der Waals surface area contributed by atoms with Gasteiger partial charge in [-0.1, -0.05) is 30.3 Å². The number of nitrogens with zero attached hydrogens (tertiary/aromatic N) is 1. The third kappa shape index (κ3) is 2.98. The molecule has 1 spiro atoms. The number of Topliss-reactive ketones (excluding diaryl/α,β-unsaturated/α-hetero) is 2. The van der Waals surface area contributed by atoms with Crippen molar-refractivity contribution in [2.24, 2.45) is 5.41 Å². The highest BCUT2D eigenvalue weighted by atomic mass is 16.2. The molecule has 2 atom stereocenters. The van der Waals surface area contributed by atoms with Crippen LogP contribution in [0.4, 0.5) is 0 Å². The van der Waals surface area contributed by atoms with E-state index in [-0.39, 0.29) is 17.6 Å². The number of carbonyl (C=O) groups is 2. The summed E-state index contributed by atoms with van der Waals surface area (Å²) in [7, 11) is 4.08. The minimum Gasteiger partial charge on any atom is -0.315 e. The first-order chi connectivity index (χ1) is 11.1. The number of likely N-dealkylation sites (N-methyl/N-ethyl adjacent to an activating group) is 2. The second kappa shape index (κ2) is 6.54. The second-order valence-electron chi connectivity index (χ2n) is 7.03. The van der Waals surface area contributed by atoms with Crippen LogP contribution in [0.15, 0.2) is 30.3 Å². The molecule has 0 aliphatic heterocycles. The maximum atomic E-state index is 12.4. The highest BCUT2D eigenvalue weighted by Crippen LogP contribution is 2.45. The van der Waals surface area contributed by atoms with E-state index >= 15 is 0 Å². The minimum absolute atomic E-state index is 0.176. The maximum Gasteiger partial charge on any atom is 0.146 e. The quantitative estimate of drug-likeness (QED) is 0.866. The van der Waals surface area contributed by atoms with Gasteiger partial charge >= 0.3 is 0 Å². The van der Waals surface area contributed by atoms with E-state index in [9.17, 15) is 9.59 Å². The second-order valence-corrected chi connectivity index (χ2v) is 7.03. The van der Waals surface area contributed by atoms with Gasteiger partial charge in [-0.3, -0.25) is 14.5 Å². The van der Waals surface area contributed by atoms with Crippen molar-refractivity contribution in [2.45, 2.75) is 50.7 Å². The third-order valence-electron chi connectivity index (χ3n) is 5.76. The number of benzene rings is 1. The molecule has 124 valence electrons. The predicted octanol–water partition coefficient (Wildman–Crippen LogP) is 2.18. The number of nitrogens with one attached hydrogen (secondary N) is 1. The third-order valence-corrected chi connectivity index (χ3v) is 5.76. The molecular formula is C19H26N2O2. The number of rotatable bonds is 4. The Balaban J connectivity index is 1.79. The van der Waals surface area contributed by atoms with Crippen molar-refractivity contribution in [3.63, 3.8) is 0 Å². The highest BCUT2D eigenvalue weighted by molar-refractivity contribution is 6.13. The first-order valence-corrected chi connectivity index (χ1v) is 8.55. The van der Waals surface area contributed by atoms with Crippen molar-refractivity contribution in [2.75, 3.05) is 14.1 Å². The number of hydrogen-bond acceptors (Lipinski definition) is 4. The normalized spacial score (nSPS) is 27.1. The molecule has 1 aromatic carbocycles. The van der Waals surface area contributed by atoms with E-state index in [0.717, 1.165) is 13.0 Å². The van der Waals surface area contributed by atoms with Gasteiger partial charge in [0.2, 0.25) is 0 Å². The van der Waals surface area contributed by atoms with Crippen LogP contribution in [0.2, 0.25) is 0 Å². The van der Waals surface area contributed by atoms with Crippen LogP contribution < -0.4 is 5.32 Å². The molecule has 0 amide bonds. The van der Waals surface area contributed by atoms with Crippen molar-refractivity contribution in [3.8, 4) is 0 Å². The molecule has 0 bridgehead atoms. The Labute approximate surface area is 138 Å². The summed E-state index contributed by atoms with van der Waals surface area (Å²) in [6.07, 6.45) is 3.15. The van der Waals surface area contributed by atoms with E-state index in [4.69, 9.17) is 0 Å². The fourth-order valence-electron chi connectivity index (χ4n) is 4.35. The lowest BCUT2D eigenvalue weighted by Crippen LogP contribution is -2.55. The van der Waals surface area contributed by atoms with Crippen molar-refractivity contribution >= 4 is 11.6 Å². The molecule has 1 aromatic rings. The Morgan fingerprint density at radius 3 is 2.43 bits per heavy atom. The lowest BCUT2D eigenvalue weighted by molar-refractivity contribution is -0.139. The molecule has 0 radical (unpaired) electrons. The van der Waals surface area contributed by atoms with Crippen LogP contribution in [0.3, 0.4) is 0 Å². The lowest BCUT2D eigenvalue weighted by atomic mass is 9.67. The molecule has 0 heterocycles. The Bertz CT molecular complexity index is 568. The van der Waals surface area contributed by atoms with Gasteiger partial charge in [-0.25, -0.2) is 0 Å². The molecule has 4 heteroatoms. The first-order valence-electron chi connectivity index (χ1n) is 8.55. The minimum atomic E-state index is -0.692. The Morgan fingerprint density at radius 2 is 1.83 bits per heavy atom. The van der Waals surface area contributed by atoms with Crippen LogP contribution in [0, 0.1) is 5.41 Å². The summed E-state index contributed by atoms with van der Waals surface area (Å²) >= 11 is 0. The van der Waals surface area contributed by atoms with Gasteiger partial charge in [-0.2, -0.15) is 0 Å². The predicted molar refractivity (Wildman–Crippen MR) is 90.1 cm³/mol. The SMILES string of the molecule is CN[C@H]1CCC2(C[C@@H]1N(C)Cc1ccccc1)C(=O)CCC2=O. The van der Waals surface area contributed by atoms with Crippen molar-refractivity contribution in [3.05, 3.63) is 35.9 Å². The number of ketones is 2. The molecule has 1 N–H and O–H groups in total. The zero-order chi connectivity index (χ0) is 16.4. The Kier molecular flexibility index (Phi) is 4.64. The Hall–Kier alpha value is -1.52. The summed E-state index contributed by atoms with van der Waals surface area (Å²) in [6, 6.07) is 10.9. The summed E-state index contributed by atoms with van der Waals surface area (Å²) in [6.45, 7) is 0.835. The van der Waals surface area contributed by atoms with Gasteiger partial charge in [0.1, 0.15) is 11.6 Å². The summed E-state index contributed by atoms with van der Waals surface area (Å²) < 4.78 is 0. The zero-order valence-electron chi connectivity index (χ0n) is 14.0. The molecule has 2 fully saturated rings. The van der Waals surface area contributed by atoms with E-state index in [2.05, 4.69) is 29.4 Å². The van der Waals surface area contributed by atoms with Crippen molar-refractivity contribution in [1.29, 1.82) is 0 Å². The van der Waals surface area contributed by atoms with Crippen molar-refractivity contribution in [1.82, 2.24) is 10.2 Å². The smallest absolute Gasteiger partial charge is 0.146 e. The lowest BCUT2D eigenvalue weighted by Gasteiger charge is -2.44. The van der Waals surface area contributed by atoms with Gasteiger partial charge in [0, 0.05) is 31.5 Å². The van der Waals surface area contributed by atoms with Crippen LogP contribution in [-0.4, -0.2) is 42.6 Å². The molecular weight excluding hydrogens is 288 g/mol. The van der Waals surface area contributed by atoms with Crippen LogP contribution >= 0.6 is 0 Å². The van der Waals surface area contributed by atoms with E-state index in [1.165, 1.54) is 5.56 Å². The van der Waals surface area contributed by atoms with Crippen LogP contribution in [0.1, 0.15) is 37.7 Å². The number of carbonyl (C=O) groups excluding carboxylic acids is 2. The molecule has 3 rings (SSSR count). The molecule has 2 aliphatic carbocycles. The van der Waals surface area contributed by atoms with Gasteiger partial charge in [-0.15, -0.1) is 0 Å². The summed E-state index contributed by atoms with van der Waals surface area (Å²) in [4.78, 5) is 27.1. The van der Waals surface area contributed by atoms with Gasteiger partial charge in [0.25, 0.3) is 0 Å². The standard InChI is InChI=1S/C19H26N2O2/c1-20-15-10-11-19(17(22)8-9-18(19)23)12-16(15)21(2)13-14-6-4-3-5-7-14/h3-7,15-16,20H,8-13H2,1-2H3/t15-,16-/m0/s1. The van der Waals surface area contributed by atoms with Crippen LogP contribution in [0.5, 0.6) is 0 Å². The molecule has 23 heavy (non-hydrogen) atoms. The van der Waals surface area contributed by atoms with Gasteiger partial charge in [0.15, 0.2) is 0 Å². The van der Waals surface area contributed by atoms with E-state index in [0.29, 0.717) is 31.7 Å². The summed E-state index contributed by atoms with van der Waals surface area (Å²) in [5, 5.41) is 3.39. The molecule has 2 saturated carbocycles. The average molecular weight is 314 g/mol. The topological polar surface area (TPSA) is 49.4 Å². The first kappa shape index (κ1) is 16.3.